The molecular formula is C12H15F3N4O2. The van der Waals surface area contributed by atoms with Crippen LogP contribution in [0.1, 0.15) is 6.92 Å². The fraction of sp³-hybridized carbons (Fsp3) is 0.583. The molecule has 0 radical (unpaired) electrons. The number of nitrogens with zero attached hydrogens (tertiary/aromatic N) is 4. The first-order valence-corrected chi connectivity index (χ1v) is 6.42. The number of pyridine rings is 1. The van der Waals surface area contributed by atoms with E-state index in [0.717, 1.165) is 6.20 Å². The average molecular weight is 304 g/mol. The second-order valence-electron chi connectivity index (χ2n) is 5.01. The highest BCUT2D eigenvalue weighted by atomic mass is 19.4. The predicted molar refractivity (Wildman–Crippen MR) is 70.2 cm³/mol. The van der Waals surface area contributed by atoms with Crippen molar-refractivity contribution < 1.29 is 18.1 Å². The third-order valence-corrected chi connectivity index (χ3v) is 3.41. The first-order valence-electron chi connectivity index (χ1n) is 6.42. The van der Waals surface area contributed by atoms with Gasteiger partial charge in [-0.05, 0) is 13.0 Å². The summed E-state index contributed by atoms with van der Waals surface area (Å²) in [4.78, 5) is 17.2. The number of alkyl halides is 3. The van der Waals surface area contributed by atoms with Gasteiger partial charge in [-0.15, -0.1) is 0 Å². The molecule has 9 heteroatoms. The van der Waals surface area contributed by atoms with E-state index in [0.29, 0.717) is 18.9 Å². The van der Waals surface area contributed by atoms with Crippen molar-refractivity contribution in [2.45, 2.75) is 19.1 Å². The third-order valence-electron chi connectivity index (χ3n) is 3.41. The summed E-state index contributed by atoms with van der Waals surface area (Å²) in [6.45, 7) is 1.89. The molecule has 0 aliphatic carbocycles. The molecule has 0 bridgehead atoms. The Bertz CT molecular complexity index is 506. The first kappa shape index (κ1) is 15.5. The number of aromatic nitrogens is 1. The Balaban J connectivity index is 2.00. The van der Waals surface area contributed by atoms with Crippen LogP contribution in [0.15, 0.2) is 18.3 Å². The van der Waals surface area contributed by atoms with Crippen molar-refractivity contribution in [2.75, 3.05) is 31.1 Å². The maximum absolute atomic E-state index is 12.4. The van der Waals surface area contributed by atoms with Crippen LogP contribution in [0, 0.1) is 10.1 Å². The minimum absolute atomic E-state index is 0.109. The topological polar surface area (TPSA) is 62.5 Å². The number of piperazine rings is 1. The summed E-state index contributed by atoms with van der Waals surface area (Å²) in [6.07, 6.45) is -3.05. The van der Waals surface area contributed by atoms with Crippen LogP contribution in [-0.4, -0.2) is 53.2 Å². The average Bonchev–Trinajstić information content (AvgIpc) is 2.40. The molecule has 1 unspecified atom stereocenters. The van der Waals surface area contributed by atoms with Crippen LogP contribution in [-0.2, 0) is 0 Å². The largest absolute Gasteiger partial charge is 0.401 e. The number of anilines is 1. The highest BCUT2D eigenvalue weighted by molar-refractivity contribution is 5.43. The molecule has 6 nitrogen and oxygen atoms in total. The molecule has 1 saturated heterocycles. The Hall–Kier alpha value is -1.90. The number of hydrogen-bond donors (Lipinski definition) is 0. The zero-order valence-corrected chi connectivity index (χ0v) is 11.4. The molecule has 1 aromatic rings. The number of hydrogen-bond acceptors (Lipinski definition) is 5. The van der Waals surface area contributed by atoms with Crippen molar-refractivity contribution in [3.63, 3.8) is 0 Å². The number of rotatable bonds is 3. The van der Waals surface area contributed by atoms with E-state index in [1.807, 2.05) is 4.90 Å². The van der Waals surface area contributed by atoms with Gasteiger partial charge in [0.05, 0.1) is 11.5 Å². The van der Waals surface area contributed by atoms with Gasteiger partial charge >= 0.3 is 6.18 Å². The molecule has 0 N–H and O–H groups in total. The molecule has 2 rings (SSSR count). The molecule has 1 fully saturated rings. The molecule has 0 spiro atoms. The lowest BCUT2D eigenvalue weighted by Crippen LogP contribution is -2.54. The van der Waals surface area contributed by atoms with E-state index in [2.05, 4.69) is 4.98 Å². The Morgan fingerprint density at radius 3 is 2.62 bits per heavy atom. The van der Waals surface area contributed by atoms with E-state index in [-0.39, 0.29) is 18.3 Å². The number of halogens is 3. The van der Waals surface area contributed by atoms with Gasteiger partial charge in [0.2, 0.25) is 0 Å². The van der Waals surface area contributed by atoms with Crippen LogP contribution < -0.4 is 4.90 Å². The lowest BCUT2D eigenvalue weighted by Gasteiger charge is -2.40. The van der Waals surface area contributed by atoms with Gasteiger partial charge in [-0.25, -0.2) is 4.98 Å². The third kappa shape index (κ3) is 4.03. The Kier molecular flexibility index (Phi) is 4.31. The fourth-order valence-corrected chi connectivity index (χ4v) is 2.34. The van der Waals surface area contributed by atoms with Crippen LogP contribution in [0.4, 0.5) is 24.7 Å². The van der Waals surface area contributed by atoms with Gasteiger partial charge in [0.25, 0.3) is 5.69 Å². The monoisotopic (exact) mass is 304 g/mol. The molecule has 2 heterocycles. The van der Waals surface area contributed by atoms with E-state index in [1.165, 1.54) is 17.0 Å². The van der Waals surface area contributed by atoms with Crippen LogP contribution in [0.25, 0.3) is 0 Å². The SMILES string of the molecule is CC1CN(c2ccc([N+](=O)[O-])cn2)CCN1CC(F)(F)F. The standard InChI is InChI=1S/C12H15F3N4O2/c1-9-7-17(4-5-18(9)8-12(13,14)15)11-3-2-10(6-16-11)19(20)21/h2-3,6,9H,4-5,7-8H2,1H3. The second kappa shape index (κ2) is 5.84. The van der Waals surface area contributed by atoms with Crippen molar-refractivity contribution in [3.05, 3.63) is 28.4 Å². The van der Waals surface area contributed by atoms with Crippen LogP contribution in [0.5, 0.6) is 0 Å². The predicted octanol–water partition coefficient (Wildman–Crippen LogP) is 2.06. The molecule has 1 aromatic heterocycles. The molecule has 0 saturated carbocycles. The van der Waals surface area contributed by atoms with Gasteiger partial charge in [-0.3, -0.25) is 15.0 Å². The molecule has 0 aromatic carbocycles. The van der Waals surface area contributed by atoms with Crippen molar-refractivity contribution in [1.29, 1.82) is 0 Å². The van der Waals surface area contributed by atoms with Crippen LogP contribution in [0.3, 0.4) is 0 Å². The number of nitro groups is 1. The summed E-state index contributed by atoms with van der Waals surface area (Å²) in [5, 5.41) is 10.6. The van der Waals surface area contributed by atoms with Crippen molar-refractivity contribution >= 4 is 11.5 Å². The first-order chi connectivity index (χ1) is 9.76. The smallest absolute Gasteiger partial charge is 0.354 e. The van der Waals surface area contributed by atoms with Gasteiger partial charge < -0.3 is 4.90 Å². The molecule has 116 valence electrons. The quantitative estimate of drug-likeness (QED) is 0.632. The summed E-state index contributed by atoms with van der Waals surface area (Å²) in [7, 11) is 0. The van der Waals surface area contributed by atoms with Gasteiger partial charge in [-0.2, -0.15) is 13.2 Å². The lowest BCUT2D eigenvalue weighted by molar-refractivity contribution is -0.385. The van der Waals surface area contributed by atoms with Gasteiger partial charge in [0, 0.05) is 31.7 Å². The zero-order chi connectivity index (χ0) is 15.6. The Labute approximate surface area is 119 Å². The van der Waals surface area contributed by atoms with Gasteiger partial charge in [-0.1, -0.05) is 0 Å². The summed E-state index contributed by atoms with van der Waals surface area (Å²) in [5.41, 5.74) is -0.109. The molecule has 1 aliphatic rings. The normalized spacial score (nSPS) is 20.6. The van der Waals surface area contributed by atoms with E-state index in [4.69, 9.17) is 0 Å². The summed E-state index contributed by atoms with van der Waals surface area (Å²) in [6, 6.07) is 2.59. The van der Waals surface area contributed by atoms with Crippen molar-refractivity contribution in [1.82, 2.24) is 9.88 Å². The summed E-state index contributed by atoms with van der Waals surface area (Å²) >= 11 is 0. The van der Waals surface area contributed by atoms with Crippen molar-refractivity contribution in [3.8, 4) is 0 Å². The minimum atomic E-state index is -4.21. The molecule has 0 amide bonds. The Morgan fingerprint density at radius 2 is 2.14 bits per heavy atom. The van der Waals surface area contributed by atoms with E-state index >= 15 is 0 Å². The maximum atomic E-state index is 12.4. The van der Waals surface area contributed by atoms with Gasteiger partial charge in [0.1, 0.15) is 12.0 Å². The van der Waals surface area contributed by atoms with Crippen LogP contribution >= 0.6 is 0 Å². The second-order valence-corrected chi connectivity index (χ2v) is 5.01. The van der Waals surface area contributed by atoms with E-state index in [9.17, 15) is 23.3 Å². The molecule has 1 aliphatic heterocycles. The minimum Gasteiger partial charge on any atom is -0.354 e. The molecule has 21 heavy (non-hydrogen) atoms. The van der Waals surface area contributed by atoms with E-state index in [1.54, 1.807) is 6.92 Å². The van der Waals surface area contributed by atoms with E-state index < -0.39 is 17.6 Å². The zero-order valence-electron chi connectivity index (χ0n) is 11.4. The van der Waals surface area contributed by atoms with Crippen LogP contribution in [0.2, 0.25) is 0 Å². The van der Waals surface area contributed by atoms with Gasteiger partial charge in [0.15, 0.2) is 0 Å². The van der Waals surface area contributed by atoms with Crippen molar-refractivity contribution in [2.24, 2.45) is 0 Å². The highest BCUT2D eigenvalue weighted by Crippen LogP contribution is 2.23. The maximum Gasteiger partial charge on any atom is 0.401 e. The Morgan fingerprint density at radius 1 is 1.43 bits per heavy atom. The molecule has 1 atom stereocenters. The highest BCUT2D eigenvalue weighted by Gasteiger charge is 2.35. The fourth-order valence-electron chi connectivity index (χ4n) is 2.34. The molecular weight excluding hydrogens is 289 g/mol. The summed E-state index contributed by atoms with van der Waals surface area (Å²) in [5.74, 6) is 0.541. The lowest BCUT2D eigenvalue weighted by atomic mass is 10.2. The summed E-state index contributed by atoms with van der Waals surface area (Å²) < 4.78 is 37.3.